The van der Waals surface area contributed by atoms with Gasteiger partial charge in [0.25, 0.3) is 0 Å². The summed E-state index contributed by atoms with van der Waals surface area (Å²) < 4.78 is 10.8. The van der Waals surface area contributed by atoms with E-state index in [4.69, 9.17) is 19.4 Å². The third-order valence-electron chi connectivity index (χ3n) is 7.15. The van der Waals surface area contributed by atoms with Gasteiger partial charge in [-0.1, -0.05) is 26.0 Å². The zero-order valence-corrected chi connectivity index (χ0v) is 17.7. The van der Waals surface area contributed by atoms with E-state index in [-0.39, 0.29) is 17.2 Å². The lowest BCUT2D eigenvalue weighted by Gasteiger charge is -2.36. The van der Waals surface area contributed by atoms with Crippen molar-refractivity contribution in [3.05, 3.63) is 53.9 Å². The van der Waals surface area contributed by atoms with Gasteiger partial charge in [-0.25, -0.2) is 9.97 Å². The van der Waals surface area contributed by atoms with Crippen molar-refractivity contribution in [2.24, 2.45) is 5.41 Å². The van der Waals surface area contributed by atoms with Crippen LogP contribution in [-0.4, -0.2) is 30.1 Å². The van der Waals surface area contributed by atoms with Crippen molar-refractivity contribution >= 4 is 22.6 Å². The fourth-order valence-electron chi connectivity index (χ4n) is 5.47. The lowest BCUT2D eigenvalue weighted by atomic mass is 9.67. The topological polar surface area (TPSA) is 73.3 Å². The predicted molar refractivity (Wildman–Crippen MR) is 115 cm³/mol. The number of benzene rings is 2. The molecule has 5 rings (SSSR count). The third kappa shape index (κ3) is 2.33. The van der Waals surface area contributed by atoms with Crippen LogP contribution in [0.25, 0.3) is 11.0 Å². The Morgan fingerprint density at radius 1 is 1.07 bits per heavy atom. The van der Waals surface area contributed by atoms with Crippen molar-refractivity contribution in [1.82, 2.24) is 9.97 Å². The number of rotatable bonds is 4. The molecule has 1 fully saturated rings. The molecule has 0 spiro atoms. The van der Waals surface area contributed by atoms with E-state index >= 15 is 0 Å². The van der Waals surface area contributed by atoms with Crippen LogP contribution < -0.4 is 14.8 Å². The number of methoxy groups -OCH3 is 2. The average molecular weight is 403 g/mol. The number of carbonyl (C=O) groups excluding carboxylic acids is 1. The Bertz CT molecular complexity index is 1170. The SMILES string of the molecule is COc1ccc(OC)c(NC(=O)C23CCC(c4nc5ccccc5nc42)C3(C)C)c1. The zero-order valence-electron chi connectivity index (χ0n) is 17.7. The summed E-state index contributed by atoms with van der Waals surface area (Å²) in [6.45, 7) is 4.34. The minimum absolute atomic E-state index is 0.0649. The number of amides is 1. The monoisotopic (exact) mass is 403 g/mol. The molecule has 2 aliphatic carbocycles. The van der Waals surface area contributed by atoms with Crippen LogP contribution in [0.15, 0.2) is 42.5 Å². The molecule has 2 aromatic carbocycles. The number of nitrogens with one attached hydrogen (secondary N) is 1. The molecule has 2 aliphatic rings. The number of aromatic nitrogens is 2. The number of nitrogens with zero attached hydrogens (tertiary/aromatic N) is 2. The summed E-state index contributed by atoms with van der Waals surface area (Å²) in [7, 11) is 3.19. The molecule has 154 valence electrons. The normalized spacial score (nSPS) is 23.3. The van der Waals surface area contributed by atoms with Crippen LogP contribution in [0.3, 0.4) is 0 Å². The van der Waals surface area contributed by atoms with Gasteiger partial charge in [0.2, 0.25) is 5.91 Å². The first-order chi connectivity index (χ1) is 14.4. The Morgan fingerprint density at radius 2 is 1.80 bits per heavy atom. The summed E-state index contributed by atoms with van der Waals surface area (Å²) in [6.07, 6.45) is 1.68. The van der Waals surface area contributed by atoms with E-state index in [1.54, 1.807) is 26.4 Å². The van der Waals surface area contributed by atoms with Gasteiger partial charge in [-0.3, -0.25) is 4.79 Å². The second-order valence-corrected chi connectivity index (χ2v) is 8.68. The maximum Gasteiger partial charge on any atom is 0.237 e. The molecule has 6 nitrogen and oxygen atoms in total. The van der Waals surface area contributed by atoms with Crippen LogP contribution in [0.5, 0.6) is 11.5 Å². The summed E-state index contributed by atoms with van der Waals surface area (Å²) in [6, 6.07) is 13.3. The Morgan fingerprint density at radius 3 is 2.50 bits per heavy atom. The summed E-state index contributed by atoms with van der Waals surface area (Å²) in [5.74, 6) is 1.40. The summed E-state index contributed by atoms with van der Waals surface area (Å²) in [4.78, 5) is 23.8. The smallest absolute Gasteiger partial charge is 0.237 e. The van der Waals surface area contributed by atoms with Crippen LogP contribution in [-0.2, 0) is 10.2 Å². The first-order valence-electron chi connectivity index (χ1n) is 10.2. The largest absolute Gasteiger partial charge is 0.497 e. The van der Waals surface area contributed by atoms with Crippen molar-refractivity contribution in [2.75, 3.05) is 19.5 Å². The van der Waals surface area contributed by atoms with Crippen LogP contribution in [0.4, 0.5) is 5.69 Å². The Labute approximate surface area is 175 Å². The van der Waals surface area contributed by atoms with Gasteiger partial charge >= 0.3 is 0 Å². The molecular weight excluding hydrogens is 378 g/mol. The zero-order chi connectivity index (χ0) is 21.1. The number of hydrogen-bond donors (Lipinski definition) is 1. The molecule has 2 atom stereocenters. The van der Waals surface area contributed by atoms with Crippen LogP contribution in [0.1, 0.15) is 44.0 Å². The highest BCUT2D eigenvalue weighted by atomic mass is 16.5. The first kappa shape index (κ1) is 18.9. The van der Waals surface area contributed by atoms with Gasteiger partial charge in [0.1, 0.15) is 11.5 Å². The van der Waals surface area contributed by atoms with Gasteiger partial charge in [-0.15, -0.1) is 0 Å². The predicted octanol–water partition coefficient (Wildman–Crippen LogP) is 4.44. The van der Waals surface area contributed by atoms with Crippen molar-refractivity contribution in [2.45, 2.75) is 38.0 Å². The fourth-order valence-corrected chi connectivity index (χ4v) is 5.47. The van der Waals surface area contributed by atoms with Crippen LogP contribution >= 0.6 is 0 Å². The average Bonchev–Trinajstić information content (AvgIpc) is 3.13. The van der Waals surface area contributed by atoms with E-state index in [0.29, 0.717) is 17.2 Å². The minimum Gasteiger partial charge on any atom is -0.497 e. The molecule has 2 bridgehead atoms. The van der Waals surface area contributed by atoms with Gasteiger partial charge in [-0.2, -0.15) is 0 Å². The van der Waals surface area contributed by atoms with Gasteiger partial charge < -0.3 is 14.8 Å². The Kier molecular flexibility index (Phi) is 4.04. The van der Waals surface area contributed by atoms with Crippen LogP contribution in [0, 0.1) is 5.41 Å². The molecule has 1 aromatic heterocycles. The molecule has 3 aromatic rings. The van der Waals surface area contributed by atoms with E-state index in [1.807, 2.05) is 30.3 Å². The molecule has 30 heavy (non-hydrogen) atoms. The number of fused-ring (bicyclic) bond motifs is 6. The Hall–Kier alpha value is -3.15. The number of carbonyl (C=O) groups is 1. The molecule has 6 heteroatoms. The highest BCUT2D eigenvalue weighted by Crippen LogP contribution is 2.67. The van der Waals surface area contributed by atoms with E-state index in [9.17, 15) is 4.79 Å². The van der Waals surface area contributed by atoms with Gasteiger partial charge in [-0.05, 0) is 42.5 Å². The Balaban J connectivity index is 1.64. The van der Waals surface area contributed by atoms with Gasteiger partial charge in [0.15, 0.2) is 0 Å². The lowest BCUT2D eigenvalue weighted by molar-refractivity contribution is -0.124. The van der Waals surface area contributed by atoms with E-state index < -0.39 is 5.41 Å². The molecule has 1 N–H and O–H groups in total. The lowest BCUT2D eigenvalue weighted by Crippen LogP contribution is -2.46. The van der Waals surface area contributed by atoms with Crippen molar-refractivity contribution in [1.29, 1.82) is 0 Å². The second-order valence-electron chi connectivity index (χ2n) is 8.68. The first-order valence-corrected chi connectivity index (χ1v) is 10.2. The molecule has 2 unspecified atom stereocenters. The summed E-state index contributed by atoms with van der Waals surface area (Å²) in [5.41, 5.74) is 3.06. The summed E-state index contributed by atoms with van der Waals surface area (Å²) >= 11 is 0. The highest BCUT2D eigenvalue weighted by molar-refractivity contribution is 6.02. The third-order valence-corrected chi connectivity index (χ3v) is 7.15. The number of hydrogen-bond acceptors (Lipinski definition) is 5. The number of para-hydroxylation sites is 2. The molecular formula is C24H25N3O3. The fraction of sp³-hybridized carbons (Fsp3) is 0.375. The highest BCUT2D eigenvalue weighted by Gasteiger charge is 2.67. The van der Waals surface area contributed by atoms with Crippen LogP contribution in [0.2, 0.25) is 0 Å². The van der Waals surface area contributed by atoms with E-state index in [0.717, 1.165) is 35.3 Å². The maximum atomic E-state index is 13.9. The van der Waals surface area contributed by atoms with Crippen molar-refractivity contribution in [3.63, 3.8) is 0 Å². The summed E-state index contributed by atoms with van der Waals surface area (Å²) in [5, 5.41) is 3.13. The number of anilines is 1. The van der Waals surface area contributed by atoms with Gasteiger partial charge in [0.05, 0.1) is 47.7 Å². The van der Waals surface area contributed by atoms with Crippen molar-refractivity contribution in [3.8, 4) is 11.5 Å². The molecule has 1 amide bonds. The maximum absolute atomic E-state index is 13.9. The second kappa shape index (κ2) is 6.42. The standard InChI is InChI=1S/C24H25N3O3/c1-23(2)15-11-12-24(23,21-20(15)25-16-7-5-6-8-17(16)26-21)22(28)27-18-13-14(29-3)9-10-19(18)30-4/h5-10,13,15H,11-12H2,1-4H3,(H,27,28). The quantitative estimate of drug-likeness (QED) is 0.697. The minimum atomic E-state index is -0.738. The number of ether oxygens (including phenoxy) is 2. The van der Waals surface area contributed by atoms with Crippen molar-refractivity contribution < 1.29 is 14.3 Å². The van der Waals surface area contributed by atoms with E-state index in [1.165, 1.54) is 0 Å². The molecule has 1 saturated carbocycles. The van der Waals surface area contributed by atoms with Gasteiger partial charge in [0, 0.05) is 12.0 Å². The molecule has 0 saturated heterocycles. The molecule has 0 aliphatic heterocycles. The molecule has 0 radical (unpaired) electrons. The van der Waals surface area contributed by atoms with E-state index in [2.05, 4.69) is 19.2 Å². The molecule has 1 heterocycles.